The van der Waals surface area contributed by atoms with Crippen molar-refractivity contribution in [2.45, 2.75) is 37.4 Å². The van der Waals surface area contributed by atoms with Gasteiger partial charge in [-0.2, -0.15) is 13.2 Å². The minimum absolute atomic E-state index is 0.0353. The summed E-state index contributed by atoms with van der Waals surface area (Å²) in [6.07, 6.45) is -0.656. The Kier molecular flexibility index (Phi) is 5.93. The van der Waals surface area contributed by atoms with Crippen LogP contribution in [0.1, 0.15) is 36.9 Å². The zero-order valence-corrected chi connectivity index (χ0v) is 16.1. The lowest BCUT2D eigenvalue weighted by molar-refractivity contribution is -0.153. The SMILES string of the molecule is CC(CS(C)(=O)=O)(N=C(N)c1cc(OCC(F)(F)F)c(C2CC2)cn1)C(N)=O. The fourth-order valence-electron chi connectivity index (χ4n) is 2.57. The first kappa shape index (κ1) is 21.9. The number of carbonyl (C=O) groups excluding carboxylic acids is 1. The molecule has 4 N–H and O–H groups in total. The average Bonchev–Trinajstić information content (AvgIpc) is 3.34. The number of rotatable bonds is 8. The number of hydrogen-bond donors (Lipinski definition) is 2. The summed E-state index contributed by atoms with van der Waals surface area (Å²) in [5, 5.41) is 0. The second kappa shape index (κ2) is 7.57. The summed E-state index contributed by atoms with van der Waals surface area (Å²) in [5.74, 6) is -2.03. The van der Waals surface area contributed by atoms with Crippen LogP contribution in [0.15, 0.2) is 17.3 Å². The third kappa shape index (κ3) is 6.08. The number of aliphatic imine (C=N–C) groups is 1. The second-order valence-corrected chi connectivity index (χ2v) is 9.13. The van der Waals surface area contributed by atoms with E-state index in [-0.39, 0.29) is 23.2 Å². The van der Waals surface area contributed by atoms with Gasteiger partial charge in [-0.15, -0.1) is 0 Å². The zero-order valence-electron chi connectivity index (χ0n) is 15.3. The second-order valence-electron chi connectivity index (χ2n) is 6.99. The number of amides is 1. The number of primary amides is 1. The summed E-state index contributed by atoms with van der Waals surface area (Å²) in [6.45, 7) is -0.289. The molecular weight excluding hydrogens is 401 g/mol. The highest BCUT2D eigenvalue weighted by molar-refractivity contribution is 7.90. The van der Waals surface area contributed by atoms with E-state index in [1.807, 2.05) is 0 Å². The molecule has 1 fully saturated rings. The van der Waals surface area contributed by atoms with Crippen molar-refractivity contribution in [2.75, 3.05) is 18.6 Å². The Morgan fingerprint density at radius 1 is 1.36 bits per heavy atom. The summed E-state index contributed by atoms with van der Waals surface area (Å²) in [4.78, 5) is 19.7. The Morgan fingerprint density at radius 2 is 1.96 bits per heavy atom. The first-order valence-corrected chi connectivity index (χ1v) is 10.3. The van der Waals surface area contributed by atoms with E-state index in [1.165, 1.54) is 19.2 Å². The molecule has 1 unspecified atom stereocenters. The Morgan fingerprint density at radius 3 is 2.43 bits per heavy atom. The van der Waals surface area contributed by atoms with Crippen LogP contribution < -0.4 is 16.2 Å². The molecule has 0 spiro atoms. The molecule has 1 heterocycles. The van der Waals surface area contributed by atoms with Crippen LogP contribution in [0, 0.1) is 0 Å². The van der Waals surface area contributed by atoms with Crippen molar-refractivity contribution < 1.29 is 31.1 Å². The van der Waals surface area contributed by atoms with Crippen molar-refractivity contribution in [3.8, 4) is 5.75 Å². The number of aromatic nitrogens is 1. The predicted molar refractivity (Wildman–Crippen MR) is 95.8 cm³/mol. The number of ether oxygens (including phenoxy) is 1. The number of sulfone groups is 1. The van der Waals surface area contributed by atoms with E-state index in [0.717, 1.165) is 19.1 Å². The van der Waals surface area contributed by atoms with Gasteiger partial charge in [0.25, 0.3) is 0 Å². The molecular formula is C16H21F3N4O4S. The van der Waals surface area contributed by atoms with Gasteiger partial charge in [0.1, 0.15) is 27.1 Å². The van der Waals surface area contributed by atoms with E-state index >= 15 is 0 Å². The Balaban J connectivity index is 2.39. The Labute approximate surface area is 160 Å². The van der Waals surface area contributed by atoms with Crippen LogP contribution >= 0.6 is 0 Å². The maximum atomic E-state index is 12.5. The lowest BCUT2D eigenvalue weighted by Crippen LogP contribution is -2.46. The van der Waals surface area contributed by atoms with Crippen LogP contribution in [0.3, 0.4) is 0 Å². The van der Waals surface area contributed by atoms with E-state index in [1.54, 1.807) is 0 Å². The smallest absolute Gasteiger partial charge is 0.422 e. The molecule has 8 nitrogen and oxygen atoms in total. The maximum absolute atomic E-state index is 12.5. The molecule has 1 aromatic rings. The summed E-state index contributed by atoms with van der Waals surface area (Å²) < 4.78 is 65.6. The number of carbonyl (C=O) groups is 1. The molecule has 0 aliphatic heterocycles. The predicted octanol–water partition coefficient (Wildman–Crippen LogP) is 0.894. The molecule has 1 saturated carbocycles. The maximum Gasteiger partial charge on any atom is 0.422 e. The zero-order chi connectivity index (χ0) is 21.3. The molecule has 0 bridgehead atoms. The molecule has 1 atom stereocenters. The first-order valence-electron chi connectivity index (χ1n) is 8.23. The highest BCUT2D eigenvalue weighted by Crippen LogP contribution is 2.44. The van der Waals surface area contributed by atoms with E-state index in [2.05, 4.69) is 9.98 Å². The topological polar surface area (TPSA) is 138 Å². The van der Waals surface area contributed by atoms with E-state index in [9.17, 15) is 26.4 Å². The lowest BCUT2D eigenvalue weighted by atomic mass is 10.1. The number of pyridine rings is 1. The molecule has 0 saturated heterocycles. The fourth-order valence-corrected chi connectivity index (χ4v) is 3.79. The van der Waals surface area contributed by atoms with Crippen molar-refractivity contribution in [1.29, 1.82) is 0 Å². The molecule has 12 heteroatoms. The van der Waals surface area contributed by atoms with E-state index in [0.29, 0.717) is 5.56 Å². The van der Waals surface area contributed by atoms with Crippen molar-refractivity contribution in [1.82, 2.24) is 4.98 Å². The number of nitrogens with two attached hydrogens (primary N) is 2. The van der Waals surface area contributed by atoms with Crippen LogP contribution in [-0.4, -0.2) is 55.5 Å². The van der Waals surface area contributed by atoms with E-state index in [4.69, 9.17) is 16.2 Å². The number of nitrogens with zero attached hydrogens (tertiary/aromatic N) is 2. The Bertz CT molecular complexity index is 898. The number of amidine groups is 1. The van der Waals surface area contributed by atoms with Crippen LogP contribution in [0.4, 0.5) is 13.2 Å². The third-order valence-corrected chi connectivity index (χ3v) is 5.09. The summed E-state index contributed by atoms with van der Waals surface area (Å²) >= 11 is 0. The van der Waals surface area contributed by atoms with Crippen LogP contribution in [0.25, 0.3) is 0 Å². The van der Waals surface area contributed by atoms with Gasteiger partial charge in [0.05, 0.1) is 5.75 Å². The molecule has 0 radical (unpaired) electrons. The quantitative estimate of drug-likeness (QED) is 0.471. The van der Waals surface area contributed by atoms with Gasteiger partial charge in [-0.1, -0.05) is 0 Å². The molecule has 1 aliphatic rings. The average molecular weight is 422 g/mol. The molecule has 1 aliphatic carbocycles. The largest absolute Gasteiger partial charge is 0.484 e. The van der Waals surface area contributed by atoms with Gasteiger partial charge < -0.3 is 16.2 Å². The monoisotopic (exact) mass is 422 g/mol. The van der Waals surface area contributed by atoms with Gasteiger partial charge in [-0.25, -0.2) is 13.4 Å². The highest BCUT2D eigenvalue weighted by atomic mass is 32.2. The molecule has 156 valence electrons. The van der Waals surface area contributed by atoms with Gasteiger partial charge in [-0.3, -0.25) is 9.78 Å². The minimum atomic E-state index is -4.52. The molecule has 28 heavy (non-hydrogen) atoms. The summed E-state index contributed by atoms with van der Waals surface area (Å²) in [7, 11) is -3.63. The highest BCUT2D eigenvalue weighted by Gasteiger charge is 2.36. The van der Waals surface area contributed by atoms with Crippen molar-refractivity contribution in [2.24, 2.45) is 16.5 Å². The number of hydrogen-bond acceptors (Lipinski definition) is 6. The van der Waals surface area contributed by atoms with Gasteiger partial charge in [-0.05, 0) is 25.7 Å². The van der Waals surface area contributed by atoms with Crippen molar-refractivity contribution in [3.63, 3.8) is 0 Å². The van der Waals surface area contributed by atoms with Crippen LogP contribution in [-0.2, 0) is 14.6 Å². The normalized spacial score (nSPS) is 17.8. The summed E-state index contributed by atoms with van der Waals surface area (Å²) in [6, 6.07) is 1.19. The van der Waals surface area contributed by atoms with Gasteiger partial charge in [0, 0.05) is 24.1 Å². The standard InChI is InChI=1S/C16H21F3N4O4S/c1-15(14(21)24,8-28(2,25)26)23-13(20)11-5-12(27-7-16(17,18)19)10(6-22-11)9-3-4-9/h5-6,9H,3-4,7-8H2,1-2H3,(H2,20,23)(H2,21,24). The van der Waals surface area contributed by atoms with Gasteiger partial charge >= 0.3 is 6.18 Å². The molecule has 1 amide bonds. The fraction of sp³-hybridized carbons (Fsp3) is 0.562. The Hall–Kier alpha value is -2.37. The number of alkyl halides is 3. The van der Waals surface area contributed by atoms with Gasteiger partial charge in [0.2, 0.25) is 5.91 Å². The van der Waals surface area contributed by atoms with Crippen molar-refractivity contribution in [3.05, 3.63) is 23.5 Å². The first-order chi connectivity index (χ1) is 12.7. The van der Waals surface area contributed by atoms with Crippen LogP contribution in [0.5, 0.6) is 5.75 Å². The van der Waals surface area contributed by atoms with E-state index < -0.39 is 39.8 Å². The number of halogens is 3. The third-order valence-electron chi connectivity index (χ3n) is 4.01. The molecule has 1 aromatic heterocycles. The molecule has 2 rings (SSSR count). The minimum Gasteiger partial charge on any atom is -0.484 e. The van der Waals surface area contributed by atoms with Gasteiger partial charge in [0.15, 0.2) is 12.1 Å². The van der Waals surface area contributed by atoms with Crippen molar-refractivity contribution >= 4 is 21.6 Å². The molecule has 0 aromatic carbocycles. The lowest BCUT2D eigenvalue weighted by Gasteiger charge is -2.21. The van der Waals surface area contributed by atoms with Crippen LogP contribution in [0.2, 0.25) is 0 Å². The summed E-state index contributed by atoms with van der Waals surface area (Å²) in [5.41, 5.74) is 9.71.